The number of hydrogen-bond donors (Lipinski definition) is 0. The molecule has 0 radical (unpaired) electrons. The largest absolute Gasteiger partial charge is 0.306 e. The molecule has 12 heavy (non-hydrogen) atoms. The van der Waals surface area contributed by atoms with Crippen molar-refractivity contribution in [2.24, 2.45) is 0 Å². The van der Waals surface area contributed by atoms with Gasteiger partial charge in [0.05, 0.1) is 0 Å². The van der Waals surface area contributed by atoms with Crippen molar-refractivity contribution < 1.29 is 4.79 Å². The zero-order valence-corrected chi connectivity index (χ0v) is 8.34. The summed E-state index contributed by atoms with van der Waals surface area (Å²) in [5.74, 6) is 0.249. The molecule has 0 rings (SSSR count). The van der Waals surface area contributed by atoms with Crippen LogP contribution in [0.4, 0.5) is 0 Å². The van der Waals surface area contributed by atoms with Gasteiger partial charge in [-0.1, -0.05) is 19.4 Å². The summed E-state index contributed by atoms with van der Waals surface area (Å²) in [5.41, 5.74) is 0. The number of allylic oxidation sites excluding steroid dienone is 1. The summed E-state index contributed by atoms with van der Waals surface area (Å²) in [4.78, 5) is 13.1. The van der Waals surface area contributed by atoms with E-state index in [0.29, 0.717) is 6.42 Å². The predicted octanol–water partition coefficient (Wildman–Crippen LogP) is 1.86. The molecular weight excluding hydrogens is 150 g/mol. The van der Waals surface area contributed by atoms with E-state index >= 15 is 0 Å². The Morgan fingerprint density at radius 2 is 2.08 bits per heavy atom. The van der Waals surface area contributed by atoms with E-state index in [1.807, 2.05) is 25.1 Å². The van der Waals surface area contributed by atoms with Crippen LogP contribution < -0.4 is 0 Å². The highest BCUT2D eigenvalue weighted by Crippen LogP contribution is 1.95. The van der Waals surface area contributed by atoms with Gasteiger partial charge in [0.1, 0.15) is 0 Å². The Labute approximate surface area is 75.3 Å². The van der Waals surface area contributed by atoms with Crippen LogP contribution in [-0.2, 0) is 4.79 Å². The summed E-state index contributed by atoms with van der Waals surface area (Å²) in [7, 11) is 3.97. The van der Waals surface area contributed by atoms with Crippen LogP contribution in [0.3, 0.4) is 0 Å². The van der Waals surface area contributed by atoms with Crippen molar-refractivity contribution in [2.45, 2.75) is 26.2 Å². The second-order valence-corrected chi connectivity index (χ2v) is 3.23. The molecule has 0 N–H and O–H groups in total. The van der Waals surface area contributed by atoms with E-state index in [0.717, 1.165) is 19.4 Å². The number of likely N-dealkylation sites (N-methyl/N-ethyl adjacent to an activating group) is 1. The molecule has 0 aliphatic carbocycles. The molecule has 0 heterocycles. The molecule has 0 aliphatic rings. The molecule has 0 atom stereocenters. The number of carbonyl (C=O) groups excluding carboxylic acids is 1. The van der Waals surface area contributed by atoms with Crippen molar-refractivity contribution in [3.8, 4) is 0 Å². The van der Waals surface area contributed by atoms with Gasteiger partial charge in [-0.15, -0.1) is 0 Å². The van der Waals surface area contributed by atoms with Gasteiger partial charge in [0.25, 0.3) is 0 Å². The van der Waals surface area contributed by atoms with Gasteiger partial charge < -0.3 is 4.90 Å². The minimum Gasteiger partial charge on any atom is -0.306 e. The molecule has 0 aromatic heterocycles. The molecule has 0 aliphatic heterocycles. The van der Waals surface area contributed by atoms with Crippen molar-refractivity contribution in [1.29, 1.82) is 0 Å². The van der Waals surface area contributed by atoms with Gasteiger partial charge in [0.15, 0.2) is 5.78 Å². The standard InChI is InChI=1S/C10H19NO/c1-4-5-7-10(12)8-6-9-11(2)3/h6,8H,4-5,7,9H2,1-3H3. The zero-order valence-electron chi connectivity index (χ0n) is 8.34. The fourth-order valence-corrected chi connectivity index (χ4v) is 0.829. The van der Waals surface area contributed by atoms with Crippen LogP contribution in [0.1, 0.15) is 26.2 Å². The molecular formula is C10H19NO. The summed E-state index contributed by atoms with van der Waals surface area (Å²) < 4.78 is 0. The van der Waals surface area contributed by atoms with E-state index in [9.17, 15) is 4.79 Å². The Bertz CT molecular complexity index is 150. The minimum absolute atomic E-state index is 0.249. The van der Waals surface area contributed by atoms with E-state index in [4.69, 9.17) is 0 Å². The van der Waals surface area contributed by atoms with Crippen molar-refractivity contribution in [2.75, 3.05) is 20.6 Å². The number of nitrogens with zero attached hydrogens (tertiary/aromatic N) is 1. The maximum Gasteiger partial charge on any atom is 0.155 e. The lowest BCUT2D eigenvalue weighted by atomic mass is 10.2. The highest BCUT2D eigenvalue weighted by Gasteiger charge is 1.93. The number of hydrogen-bond acceptors (Lipinski definition) is 2. The fourth-order valence-electron chi connectivity index (χ4n) is 0.829. The first-order chi connectivity index (χ1) is 5.66. The van der Waals surface area contributed by atoms with Gasteiger partial charge in [-0.05, 0) is 26.6 Å². The molecule has 0 unspecified atom stereocenters. The molecule has 2 heteroatoms. The van der Waals surface area contributed by atoms with Gasteiger partial charge in [-0.2, -0.15) is 0 Å². The first kappa shape index (κ1) is 11.4. The van der Waals surface area contributed by atoms with Gasteiger partial charge >= 0.3 is 0 Å². The summed E-state index contributed by atoms with van der Waals surface area (Å²) in [6.07, 6.45) is 6.40. The highest BCUT2D eigenvalue weighted by molar-refractivity contribution is 5.89. The van der Waals surface area contributed by atoms with Crippen LogP contribution in [0.5, 0.6) is 0 Å². The van der Waals surface area contributed by atoms with Crippen LogP contribution in [0, 0.1) is 0 Å². The molecule has 2 nitrogen and oxygen atoms in total. The summed E-state index contributed by atoms with van der Waals surface area (Å²) in [6.45, 7) is 2.94. The molecule has 0 bridgehead atoms. The number of rotatable bonds is 6. The lowest BCUT2D eigenvalue weighted by Crippen LogP contribution is -2.10. The third-order valence-corrected chi connectivity index (χ3v) is 1.55. The van der Waals surface area contributed by atoms with E-state index in [1.165, 1.54) is 0 Å². The van der Waals surface area contributed by atoms with E-state index in [-0.39, 0.29) is 5.78 Å². The Balaban J connectivity index is 3.47. The van der Waals surface area contributed by atoms with Crippen LogP contribution in [-0.4, -0.2) is 31.3 Å². The van der Waals surface area contributed by atoms with Crippen LogP contribution in [0.15, 0.2) is 12.2 Å². The predicted molar refractivity (Wildman–Crippen MR) is 52.2 cm³/mol. The molecule has 0 aromatic carbocycles. The van der Waals surface area contributed by atoms with Crippen molar-refractivity contribution in [3.05, 3.63) is 12.2 Å². The second kappa shape index (κ2) is 7.04. The Hall–Kier alpha value is -0.630. The van der Waals surface area contributed by atoms with Crippen LogP contribution >= 0.6 is 0 Å². The van der Waals surface area contributed by atoms with Gasteiger partial charge in [0, 0.05) is 13.0 Å². The monoisotopic (exact) mass is 169 g/mol. The van der Waals surface area contributed by atoms with Gasteiger partial charge in [-0.3, -0.25) is 4.79 Å². The zero-order chi connectivity index (χ0) is 9.40. The second-order valence-electron chi connectivity index (χ2n) is 3.23. The topological polar surface area (TPSA) is 20.3 Å². The lowest BCUT2D eigenvalue weighted by molar-refractivity contribution is -0.114. The quantitative estimate of drug-likeness (QED) is 0.566. The summed E-state index contributed by atoms with van der Waals surface area (Å²) >= 11 is 0. The average Bonchev–Trinajstić information content (AvgIpc) is 2.00. The van der Waals surface area contributed by atoms with Gasteiger partial charge in [-0.25, -0.2) is 0 Å². The highest BCUT2D eigenvalue weighted by atomic mass is 16.1. The van der Waals surface area contributed by atoms with E-state index < -0.39 is 0 Å². The Kier molecular flexibility index (Phi) is 6.67. The maximum absolute atomic E-state index is 11.1. The normalized spacial score (nSPS) is 11.3. The molecule has 0 aromatic rings. The fraction of sp³-hybridized carbons (Fsp3) is 0.700. The SMILES string of the molecule is CCCCC(=O)C=CCN(C)C. The minimum atomic E-state index is 0.249. The summed E-state index contributed by atoms with van der Waals surface area (Å²) in [6, 6.07) is 0. The third kappa shape index (κ3) is 7.48. The van der Waals surface area contributed by atoms with Gasteiger partial charge in [0.2, 0.25) is 0 Å². The van der Waals surface area contributed by atoms with Crippen molar-refractivity contribution in [1.82, 2.24) is 4.90 Å². The van der Waals surface area contributed by atoms with Crippen LogP contribution in [0.2, 0.25) is 0 Å². The van der Waals surface area contributed by atoms with E-state index in [2.05, 4.69) is 6.92 Å². The Morgan fingerprint density at radius 1 is 1.42 bits per heavy atom. The molecule has 0 saturated heterocycles. The first-order valence-electron chi connectivity index (χ1n) is 4.51. The first-order valence-corrected chi connectivity index (χ1v) is 4.51. The Morgan fingerprint density at radius 3 is 2.58 bits per heavy atom. The molecule has 0 fully saturated rings. The maximum atomic E-state index is 11.1. The number of unbranched alkanes of at least 4 members (excludes halogenated alkanes) is 1. The van der Waals surface area contributed by atoms with E-state index in [1.54, 1.807) is 6.08 Å². The van der Waals surface area contributed by atoms with Crippen molar-refractivity contribution >= 4 is 5.78 Å². The summed E-state index contributed by atoms with van der Waals surface area (Å²) in [5, 5.41) is 0. The number of carbonyl (C=O) groups is 1. The molecule has 70 valence electrons. The van der Waals surface area contributed by atoms with Crippen molar-refractivity contribution in [3.63, 3.8) is 0 Å². The smallest absolute Gasteiger partial charge is 0.155 e. The lowest BCUT2D eigenvalue weighted by Gasteiger charge is -2.02. The molecule has 0 amide bonds. The number of ketones is 1. The molecule has 0 spiro atoms. The average molecular weight is 169 g/mol. The van der Waals surface area contributed by atoms with Crippen LogP contribution in [0.25, 0.3) is 0 Å². The molecule has 0 saturated carbocycles. The third-order valence-electron chi connectivity index (χ3n) is 1.55.